The van der Waals surface area contributed by atoms with Gasteiger partial charge in [0.25, 0.3) is 5.91 Å². The molecule has 0 bridgehead atoms. The maximum absolute atomic E-state index is 12.4. The lowest BCUT2D eigenvalue weighted by Crippen LogP contribution is -2.34. The van der Waals surface area contributed by atoms with E-state index < -0.39 is 10.0 Å². The first-order valence-corrected chi connectivity index (χ1v) is 10.3. The van der Waals surface area contributed by atoms with Gasteiger partial charge in [-0.15, -0.1) is 0 Å². The zero-order valence-electron chi connectivity index (χ0n) is 14.8. The highest BCUT2D eigenvalue weighted by atomic mass is 32.2. The summed E-state index contributed by atoms with van der Waals surface area (Å²) in [6.07, 6.45) is 2.45. The van der Waals surface area contributed by atoms with Crippen LogP contribution in [0.1, 0.15) is 28.4 Å². The van der Waals surface area contributed by atoms with Gasteiger partial charge >= 0.3 is 0 Å². The number of rotatable bonds is 5. The molecule has 1 amide bonds. The number of phenols is 1. The van der Waals surface area contributed by atoms with E-state index in [0.29, 0.717) is 30.6 Å². The zero-order chi connectivity index (χ0) is 18.9. The number of hydrogen-bond donors (Lipinski definition) is 2. The van der Waals surface area contributed by atoms with Gasteiger partial charge in [-0.1, -0.05) is 12.1 Å². The number of aromatic hydroxyl groups is 1. The number of amides is 1. The minimum atomic E-state index is -3.33. The molecule has 2 aromatic rings. The Labute approximate surface area is 153 Å². The highest BCUT2D eigenvalue weighted by Crippen LogP contribution is 2.34. The van der Waals surface area contributed by atoms with Gasteiger partial charge < -0.3 is 10.4 Å². The van der Waals surface area contributed by atoms with E-state index in [1.165, 1.54) is 10.6 Å². The Balaban J connectivity index is 1.66. The average Bonchev–Trinajstić information content (AvgIpc) is 2.91. The summed E-state index contributed by atoms with van der Waals surface area (Å²) >= 11 is 0. The minimum Gasteiger partial charge on any atom is -0.508 e. The van der Waals surface area contributed by atoms with E-state index in [4.69, 9.17) is 0 Å². The Kier molecular flexibility index (Phi) is 4.91. The lowest BCUT2D eigenvalue weighted by molar-refractivity contribution is 0.0954. The Morgan fingerprint density at radius 2 is 1.92 bits per heavy atom. The van der Waals surface area contributed by atoms with Crippen molar-refractivity contribution in [2.45, 2.75) is 25.8 Å². The number of anilines is 1. The number of phenolic OH excluding ortho intramolecular Hbond substituents is 1. The molecular formula is C19H22N2O4S. The highest BCUT2D eigenvalue weighted by molar-refractivity contribution is 7.92. The van der Waals surface area contributed by atoms with Crippen LogP contribution in [0.2, 0.25) is 0 Å². The fraction of sp³-hybridized carbons (Fsp3) is 0.316. The summed E-state index contributed by atoms with van der Waals surface area (Å²) in [7, 11) is -3.33. The number of carbonyl (C=O) groups is 1. The second-order valence-electron chi connectivity index (χ2n) is 6.63. The third-order valence-electron chi connectivity index (χ3n) is 4.49. The third kappa shape index (κ3) is 3.83. The largest absolute Gasteiger partial charge is 0.508 e. The lowest BCUT2D eigenvalue weighted by Gasteiger charge is -2.21. The van der Waals surface area contributed by atoms with E-state index in [-0.39, 0.29) is 17.7 Å². The van der Waals surface area contributed by atoms with Crippen molar-refractivity contribution in [1.29, 1.82) is 0 Å². The molecule has 7 heteroatoms. The molecule has 1 unspecified atom stereocenters. The molecule has 0 fully saturated rings. The number of nitrogens with zero attached hydrogens (tertiary/aromatic N) is 1. The summed E-state index contributed by atoms with van der Waals surface area (Å²) in [6, 6.07) is 11.9. The van der Waals surface area contributed by atoms with Crippen LogP contribution >= 0.6 is 0 Å². The van der Waals surface area contributed by atoms with Gasteiger partial charge in [0.1, 0.15) is 5.75 Å². The van der Waals surface area contributed by atoms with Crippen LogP contribution in [0, 0.1) is 0 Å². The molecule has 0 radical (unpaired) electrons. The molecule has 2 aromatic carbocycles. The average molecular weight is 374 g/mol. The molecule has 2 N–H and O–H groups in total. The van der Waals surface area contributed by atoms with Crippen molar-refractivity contribution in [2.75, 3.05) is 17.1 Å². The van der Waals surface area contributed by atoms with E-state index in [0.717, 1.165) is 11.1 Å². The third-order valence-corrected chi connectivity index (χ3v) is 5.76. The number of sulfonamides is 1. The van der Waals surface area contributed by atoms with Crippen molar-refractivity contribution >= 4 is 21.6 Å². The molecule has 1 heterocycles. The van der Waals surface area contributed by atoms with Gasteiger partial charge in [-0.05, 0) is 61.2 Å². The summed E-state index contributed by atoms with van der Waals surface area (Å²) in [6.45, 7) is 2.34. The number of nitrogens with one attached hydrogen (secondary N) is 1. The molecule has 26 heavy (non-hydrogen) atoms. The maximum atomic E-state index is 12.4. The van der Waals surface area contributed by atoms with Crippen LogP contribution in [-0.2, 0) is 22.9 Å². The molecule has 3 rings (SSSR count). The van der Waals surface area contributed by atoms with Crippen molar-refractivity contribution < 1.29 is 18.3 Å². The molecule has 1 aliphatic rings. The highest BCUT2D eigenvalue weighted by Gasteiger charge is 2.32. The van der Waals surface area contributed by atoms with Crippen LogP contribution in [0.5, 0.6) is 5.75 Å². The Hall–Kier alpha value is -2.54. The van der Waals surface area contributed by atoms with Crippen LogP contribution in [0.3, 0.4) is 0 Å². The van der Waals surface area contributed by atoms with Gasteiger partial charge in [0.2, 0.25) is 10.0 Å². The van der Waals surface area contributed by atoms with E-state index in [1.807, 2.05) is 19.1 Å². The zero-order valence-corrected chi connectivity index (χ0v) is 15.6. The Bertz CT molecular complexity index is 923. The van der Waals surface area contributed by atoms with Crippen LogP contribution in [-0.4, -0.2) is 38.3 Å². The monoisotopic (exact) mass is 374 g/mol. The van der Waals surface area contributed by atoms with Crippen molar-refractivity contribution in [3.63, 3.8) is 0 Å². The SMILES string of the molecule is CC1Cc2cc(C(=O)NCCc3ccc(O)cc3)ccc2N1S(C)(=O)=O. The van der Waals surface area contributed by atoms with Gasteiger partial charge in [0, 0.05) is 18.2 Å². The summed E-state index contributed by atoms with van der Waals surface area (Å²) in [5.41, 5.74) is 3.07. The predicted molar refractivity (Wildman–Crippen MR) is 101 cm³/mol. The molecule has 1 aliphatic heterocycles. The molecule has 0 aliphatic carbocycles. The number of fused-ring (bicyclic) bond motifs is 1. The molecular weight excluding hydrogens is 352 g/mol. The maximum Gasteiger partial charge on any atom is 0.251 e. The molecule has 6 nitrogen and oxygen atoms in total. The molecule has 0 saturated carbocycles. The van der Waals surface area contributed by atoms with E-state index in [1.54, 1.807) is 30.3 Å². The van der Waals surface area contributed by atoms with Crippen molar-refractivity contribution in [1.82, 2.24) is 5.32 Å². The van der Waals surface area contributed by atoms with Crippen LogP contribution in [0.4, 0.5) is 5.69 Å². The van der Waals surface area contributed by atoms with Gasteiger partial charge in [-0.25, -0.2) is 8.42 Å². The molecule has 0 saturated heterocycles. The number of carbonyl (C=O) groups excluding carboxylic acids is 1. The normalized spacial score (nSPS) is 16.4. The fourth-order valence-electron chi connectivity index (χ4n) is 3.33. The first-order chi connectivity index (χ1) is 12.3. The Morgan fingerprint density at radius 3 is 2.58 bits per heavy atom. The van der Waals surface area contributed by atoms with E-state index >= 15 is 0 Å². The standard InChI is InChI=1S/C19H22N2O4S/c1-13-11-16-12-15(5-8-18(16)21(13)26(2,24)25)19(23)20-10-9-14-3-6-17(22)7-4-14/h3-8,12-13,22H,9-11H2,1-2H3,(H,20,23). The summed E-state index contributed by atoms with van der Waals surface area (Å²) < 4.78 is 25.3. The fourth-order valence-corrected chi connectivity index (χ4v) is 4.60. The quantitative estimate of drug-likeness (QED) is 0.839. The minimum absolute atomic E-state index is 0.146. The molecule has 138 valence electrons. The molecule has 0 aromatic heterocycles. The molecule has 1 atom stereocenters. The topological polar surface area (TPSA) is 86.7 Å². The van der Waals surface area contributed by atoms with Gasteiger partial charge in [0.15, 0.2) is 0 Å². The Morgan fingerprint density at radius 1 is 1.23 bits per heavy atom. The van der Waals surface area contributed by atoms with Crippen molar-refractivity contribution in [3.8, 4) is 5.75 Å². The predicted octanol–water partition coefficient (Wildman–Crippen LogP) is 2.08. The van der Waals surface area contributed by atoms with Gasteiger partial charge in [0.05, 0.1) is 11.9 Å². The van der Waals surface area contributed by atoms with Crippen LogP contribution in [0.15, 0.2) is 42.5 Å². The second kappa shape index (κ2) is 6.99. The first kappa shape index (κ1) is 18.3. The number of hydrogen-bond acceptors (Lipinski definition) is 4. The molecule has 0 spiro atoms. The first-order valence-electron chi connectivity index (χ1n) is 8.44. The summed E-state index contributed by atoms with van der Waals surface area (Å²) in [4.78, 5) is 12.4. The van der Waals surface area contributed by atoms with E-state index in [2.05, 4.69) is 5.32 Å². The lowest BCUT2D eigenvalue weighted by atomic mass is 10.1. The smallest absolute Gasteiger partial charge is 0.251 e. The summed E-state index contributed by atoms with van der Waals surface area (Å²) in [5.74, 6) is 0.0327. The summed E-state index contributed by atoms with van der Waals surface area (Å²) in [5, 5.41) is 12.1. The number of benzene rings is 2. The van der Waals surface area contributed by atoms with Gasteiger partial charge in [-0.3, -0.25) is 9.10 Å². The second-order valence-corrected chi connectivity index (χ2v) is 8.49. The van der Waals surface area contributed by atoms with E-state index in [9.17, 15) is 18.3 Å². The van der Waals surface area contributed by atoms with Crippen molar-refractivity contribution in [3.05, 3.63) is 59.2 Å². The van der Waals surface area contributed by atoms with Gasteiger partial charge in [-0.2, -0.15) is 0 Å². The van der Waals surface area contributed by atoms with Crippen LogP contribution in [0.25, 0.3) is 0 Å². The van der Waals surface area contributed by atoms with Crippen LogP contribution < -0.4 is 9.62 Å². The van der Waals surface area contributed by atoms with Crippen molar-refractivity contribution in [2.24, 2.45) is 0 Å².